The van der Waals surface area contributed by atoms with Crippen molar-refractivity contribution in [2.75, 3.05) is 0 Å². The maximum Gasteiger partial charge on any atom is 0.488 e. The van der Waals surface area contributed by atoms with E-state index in [2.05, 4.69) is 286 Å². The number of aromatic nitrogens is 9. The molecule has 13 nitrogen and oxygen atoms in total. The van der Waals surface area contributed by atoms with E-state index in [1.165, 1.54) is 59.6 Å². The Morgan fingerprint density at radius 1 is 0.144 bits per heavy atom. The highest BCUT2D eigenvalue weighted by atomic mass is 35.5. The van der Waals surface area contributed by atoms with Gasteiger partial charge in [0.1, 0.15) is 0 Å². The molecule has 596 valence electrons. The van der Waals surface area contributed by atoms with Gasteiger partial charge in [-0.1, -0.05) is 370 Å². The van der Waals surface area contributed by atoms with Crippen LogP contribution in [0.4, 0.5) is 0 Å². The number of hydrogen-bond donors (Lipinski definition) is 4. The zero-order valence-electron chi connectivity index (χ0n) is 66.9. The zero-order valence-corrected chi connectivity index (χ0v) is 69.1. The van der Waals surface area contributed by atoms with Gasteiger partial charge in [0.2, 0.25) is 15.9 Å². The van der Waals surface area contributed by atoms with Crippen LogP contribution >= 0.6 is 34.8 Å². The third kappa shape index (κ3) is 19.2. The molecule has 0 aliphatic heterocycles. The molecule has 18 heteroatoms. The first kappa shape index (κ1) is 81.2. The summed E-state index contributed by atoms with van der Waals surface area (Å²) in [5.41, 5.74) is 13.4. The molecule has 0 amide bonds. The highest BCUT2D eigenvalue weighted by Gasteiger charge is 2.18. The van der Waals surface area contributed by atoms with Crippen LogP contribution in [0.5, 0.6) is 0 Å². The van der Waals surface area contributed by atoms with Crippen molar-refractivity contribution in [3.63, 3.8) is 0 Å². The average Bonchev–Trinajstić information content (AvgIpc) is 0.787. The van der Waals surface area contributed by atoms with Crippen molar-refractivity contribution >= 4 is 146 Å². The third-order valence-electron chi connectivity index (χ3n) is 21.7. The van der Waals surface area contributed by atoms with Crippen LogP contribution in [0.15, 0.2) is 413 Å². The Hall–Kier alpha value is -14.9. The van der Waals surface area contributed by atoms with Gasteiger partial charge in [-0.2, -0.15) is 24.9 Å². The molecule has 0 spiro atoms. The van der Waals surface area contributed by atoms with Gasteiger partial charge in [-0.3, -0.25) is 0 Å². The normalized spacial score (nSPS) is 11.0. The van der Waals surface area contributed by atoms with Crippen molar-refractivity contribution in [2.45, 2.75) is 0 Å². The average molecular weight is 1680 g/mol. The molecule has 19 aromatic carbocycles. The monoisotopic (exact) mass is 1670 g/mol. The first-order chi connectivity index (χ1) is 61.2. The van der Waals surface area contributed by atoms with Gasteiger partial charge in [-0.25, -0.2) is 19.9 Å². The van der Waals surface area contributed by atoms with Crippen LogP contribution in [0.25, 0.3) is 188 Å². The number of halogens is 3. The number of benzene rings is 19. The molecule has 22 rings (SSSR count). The minimum Gasteiger partial charge on any atom is -0.423 e. The predicted molar refractivity (Wildman–Crippen MR) is 516 cm³/mol. The molecule has 0 atom stereocenters. The van der Waals surface area contributed by atoms with E-state index >= 15 is 0 Å². The van der Waals surface area contributed by atoms with Crippen LogP contribution in [0.2, 0.25) is 15.9 Å². The van der Waals surface area contributed by atoms with Crippen molar-refractivity contribution in [2.24, 2.45) is 0 Å². The maximum absolute atomic E-state index is 9.08. The molecule has 0 radical (unpaired) electrons. The van der Waals surface area contributed by atoms with E-state index in [-0.39, 0.29) is 15.9 Å². The second-order valence-electron chi connectivity index (χ2n) is 29.8. The molecule has 0 unspecified atom stereocenters. The van der Waals surface area contributed by atoms with Gasteiger partial charge in [0.25, 0.3) is 0 Å². The van der Waals surface area contributed by atoms with Crippen molar-refractivity contribution in [1.82, 2.24) is 44.9 Å². The van der Waals surface area contributed by atoms with Crippen LogP contribution in [-0.2, 0) is 0 Å². The first-order valence-corrected chi connectivity index (χ1v) is 41.6. The van der Waals surface area contributed by atoms with E-state index in [0.717, 1.165) is 93.3 Å². The smallest absolute Gasteiger partial charge is 0.423 e. The Morgan fingerprint density at radius 3 is 0.584 bits per heavy atom. The van der Waals surface area contributed by atoms with Crippen LogP contribution < -0.4 is 10.9 Å². The second-order valence-corrected chi connectivity index (χ2v) is 30.8. The summed E-state index contributed by atoms with van der Waals surface area (Å²) in [4.78, 5) is 40.3. The van der Waals surface area contributed by atoms with Gasteiger partial charge in [-0.15, -0.1) is 0 Å². The second kappa shape index (κ2) is 37.2. The fourth-order valence-corrected chi connectivity index (χ4v) is 15.6. The first-order valence-electron chi connectivity index (χ1n) is 40.4. The highest BCUT2D eigenvalue weighted by Crippen LogP contribution is 2.35. The largest absolute Gasteiger partial charge is 0.488 e. The molecule has 0 aliphatic rings. The van der Waals surface area contributed by atoms with E-state index in [1.807, 2.05) is 127 Å². The highest BCUT2D eigenvalue weighted by molar-refractivity contribution is 6.59. The number of rotatable bonds is 11. The van der Waals surface area contributed by atoms with Crippen molar-refractivity contribution in [3.05, 3.63) is 428 Å². The lowest BCUT2D eigenvalue weighted by atomic mass is 9.79. The van der Waals surface area contributed by atoms with E-state index in [9.17, 15) is 0 Å². The summed E-state index contributed by atoms with van der Waals surface area (Å²) in [5, 5.41) is 55.2. The van der Waals surface area contributed by atoms with E-state index in [1.54, 1.807) is 24.3 Å². The van der Waals surface area contributed by atoms with Gasteiger partial charge < -0.3 is 20.1 Å². The quantitative estimate of drug-likeness (QED) is 0.0894. The molecule has 0 saturated heterocycles. The Bertz CT molecular complexity index is 7590. The van der Waals surface area contributed by atoms with E-state index in [4.69, 9.17) is 74.8 Å². The lowest BCUT2D eigenvalue weighted by molar-refractivity contribution is 0.424. The van der Waals surface area contributed by atoms with Crippen molar-refractivity contribution < 1.29 is 20.1 Å². The molecule has 0 saturated carbocycles. The Balaban J connectivity index is 0.000000113. The van der Waals surface area contributed by atoms with E-state index < -0.39 is 14.2 Å². The zero-order chi connectivity index (χ0) is 85.1. The summed E-state index contributed by atoms with van der Waals surface area (Å²) in [5.74, 6) is 3.57. The van der Waals surface area contributed by atoms with Gasteiger partial charge in [0.05, 0.1) is 0 Å². The molecule has 3 aromatic heterocycles. The topological polar surface area (TPSA) is 197 Å². The summed E-state index contributed by atoms with van der Waals surface area (Å²) in [6.45, 7) is 0. The third-order valence-corrected chi connectivity index (χ3v) is 22.2. The Labute approximate surface area is 735 Å². The number of fused-ring (bicyclic) bond motifs is 8. The van der Waals surface area contributed by atoms with Crippen molar-refractivity contribution in [3.8, 4) is 102 Å². The van der Waals surface area contributed by atoms with E-state index in [0.29, 0.717) is 45.9 Å². The molecule has 0 bridgehead atoms. The Morgan fingerprint density at radius 2 is 0.312 bits per heavy atom. The maximum atomic E-state index is 9.08. The fraction of sp³-hybridized carbons (Fsp3) is 0. The van der Waals surface area contributed by atoms with Crippen LogP contribution in [0.1, 0.15) is 0 Å². The minimum absolute atomic E-state index is 0.0955. The van der Waals surface area contributed by atoms with Gasteiger partial charge in [0, 0.05) is 33.4 Å². The standard InChI is InChI=1S/C39H25N3.C29H18ClN3.C16H13BO2.C13H7Cl2N3.C10H9BO2/c1-4-10-31-23-34(20-15-26(31)7-1)29-13-18-30(19-14-29)37-40-38(35-21-16-27-8-2-5-11-32(27)24-35)42-39(41-37)36-22-17-28-9-3-6-12-33(28)25-36;30-29-32-27(31-28(33-29)26-16-12-20-6-2-4-8-24(20)18-26)22-13-9-21(10-14-22)25-15-11-19-5-1-3-7-23(19)17-25;18-17(19)16-9-7-13(8-10-16)15-6-5-12-3-1-2-4-14(12)11-15;14-12-16-11(17-13(15)18-12)10-6-5-8-3-1-2-4-9(8)7-10;12-11(13)10-6-5-8-3-1-2-4-9(8)7-10/h1-25H;1-18H;1-11,18-19H;1-7H;1-7,12-13H. The summed E-state index contributed by atoms with van der Waals surface area (Å²) < 4.78 is 0. The van der Waals surface area contributed by atoms with Crippen molar-refractivity contribution in [1.29, 1.82) is 0 Å². The molecule has 0 fully saturated rings. The SMILES string of the molecule is Clc1nc(-c2ccc(-c3ccc4ccccc4c3)cc2)nc(-c2ccc3ccccc3c2)n1.Clc1nc(Cl)nc(-c2ccc3ccccc3c2)n1.OB(O)c1ccc(-c2ccc3ccccc3c2)cc1.OB(O)c1ccc2ccccc2c1.c1ccc2cc(-c3ccc(-c4nc(-c5ccc6ccccc6c5)nc(-c5ccc6ccccc6c5)n4)cc3)ccc2c1. The summed E-state index contributed by atoms with van der Waals surface area (Å²) in [6.07, 6.45) is 0. The molecule has 4 N–H and O–H groups in total. The van der Waals surface area contributed by atoms with Crippen LogP contribution in [0.3, 0.4) is 0 Å². The molecule has 22 aromatic rings. The lowest BCUT2D eigenvalue weighted by Crippen LogP contribution is -2.29. The lowest BCUT2D eigenvalue weighted by Gasteiger charge is -2.10. The summed E-state index contributed by atoms with van der Waals surface area (Å²) >= 11 is 17.8. The Kier molecular flexibility index (Phi) is 24.2. The van der Waals surface area contributed by atoms with Gasteiger partial charge in [-0.05, 0) is 208 Å². The number of hydrogen-bond acceptors (Lipinski definition) is 13. The molecular formula is C107H72B2Cl3N9O4. The summed E-state index contributed by atoms with van der Waals surface area (Å²) in [7, 11) is -2.80. The summed E-state index contributed by atoms with van der Waals surface area (Å²) in [6, 6.07) is 140. The molecule has 125 heavy (non-hydrogen) atoms. The molecule has 0 aliphatic carbocycles. The fourth-order valence-electron chi connectivity index (χ4n) is 15.1. The predicted octanol–water partition coefficient (Wildman–Crippen LogP) is 24.5. The number of nitrogens with zero attached hydrogens (tertiary/aromatic N) is 9. The van der Waals surface area contributed by atoms with Crippen LogP contribution in [0, 0.1) is 0 Å². The molecule has 3 heterocycles. The van der Waals surface area contributed by atoms with Gasteiger partial charge >= 0.3 is 14.2 Å². The molecular weight excluding hydrogens is 1600 g/mol. The van der Waals surface area contributed by atoms with Crippen LogP contribution in [-0.4, -0.2) is 79.2 Å². The minimum atomic E-state index is -1.41. The van der Waals surface area contributed by atoms with Gasteiger partial charge in [0.15, 0.2) is 34.9 Å².